The fourth-order valence-electron chi connectivity index (χ4n) is 2.03. The van der Waals surface area contributed by atoms with E-state index in [2.05, 4.69) is 18.7 Å². The molecule has 4 heteroatoms. The SMILES string of the molecule is CCCCN(CCCC)c1cc(OC)c(N)cc1F. The summed E-state index contributed by atoms with van der Waals surface area (Å²) in [6.45, 7) is 6.00. The molecule has 0 aromatic heterocycles. The molecule has 1 aromatic carbocycles. The van der Waals surface area contributed by atoms with Crippen molar-refractivity contribution in [1.82, 2.24) is 0 Å². The standard InChI is InChI=1S/C15H25FN2O/c1-4-6-8-18(9-7-5-2)14-11-15(19-3)13(17)10-12(14)16/h10-11H,4-9,17H2,1-3H3. The molecule has 1 aromatic rings. The first-order valence-electron chi connectivity index (χ1n) is 7.02. The third kappa shape index (κ3) is 4.30. The van der Waals surface area contributed by atoms with Gasteiger partial charge in [-0.15, -0.1) is 0 Å². The van der Waals surface area contributed by atoms with E-state index in [4.69, 9.17) is 10.5 Å². The Balaban J connectivity index is 2.98. The van der Waals surface area contributed by atoms with Crippen LogP contribution in [0.25, 0.3) is 0 Å². The molecule has 0 amide bonds. The van der Waals surface area contributed by atoms with Crippen LogP contribution in [0.1, 0.15) is 39.5 Å². The lowest BCUT2D eigenvalue weighted by Gasteiger charge is -2.26. The van der Waals surface area contributed by atoms with Crippen molar-refractivity contribution in [3.05, 3.63) is 17.9 Å². The van der Waals surface area contributed by atoms with Gasteiger partial charge in [-0.3, -0.25) is 0 Å². The highest BCUT2D eigenvalue weighted by Gasteiger charge is 2.14. The summed E-state index contributed by atoms with van der Waals surface area (Å²) in [7, 11) is 1.55. The van der Waals surface area contributed by atoms with Crippen LogP contribution in [0.2, 0.25) is 0 Å². The van der Waals surface area contributed by atoms with Gasteiger partial charge in [-0.1, -0.05) is 26.7 Å². The normalized spacial score (nSPS) is 10.5. The number of halogens is 1. The average Bonchev–Trinajstić information content (AvgIpc) is 2.40. The van der Waals surface area contributed by atoms with E-state index < -0.39 is 0 Å². The molecule has 2 N–H and O–H groups in total. The zero-order chi connectivity index (χ0) is 14.3. The van der Waals surface area contributed by atoms with Crippen molar-refractivity contribution in [3.8, 4) is 5.75 Å². The molecule has 0 aliphatic heterocycles. The summed E-state index contributed by atoms with van der Waals surface area (Å²) in [6, 6.07) is 3.05. The van der Waals surface area contributed by atoms with Crippen molar-refractivity contribution in [1.29, 1.82) is 0 Å². The number of benzene rings is 1. The molecule has 0 radical (unpaired) electrons. The van der Waals surface area contributed by atoms with Crippen LogP contribution in [0.5, 0.6) is 5.75 Å². The first-order valence-corrected chi connectivity index (χ1v) is 7.02. The molecule has 3 nitrogen and oxygen atoms in total. The minimum atomic E-state index is -0.273. The van der Waals surface area contributed by atoms with Gasteiger partial charge in [0.1, 0.15) is 11.6 Å². The maximum atomic E-state index is 14.1. The molecule has 0 saturated heterocycles. The number of nitrogens with two attached hydrogens (primary N) is 1. The van der Waals surface area contributed by atoms with E-state index in [9.17, 15) is 4.39 Å². The van der Waals surface area contributed by atoms with Gasteiger partial charge < -0.3 is 15.4 Å². The largest absolute Gasteiger partial charge is 0.495 e. The van der Waals surface area contributed by atoms with Crippen LogP contribution in [0, 0.1) is 5.82 Å². The lowest BCUT2D eigenvalue weighted by molar-refractivity contribution is 0.416. The van der Waals surface area contributed by atoms with Gasteiger partial charge in [0.2, 0.25) is 0 Å². The molecule has 0 atom stereocenters. The maximum Gasteiger partial charge on any atom is 0.148 e. The van der Waals surface area contributed by atoms with E-state index in [1.807, 2.05) is 0 Å². The Bertz CT molecular complexity index is 388. The van der Waals surface area contributed by atoms with Crippen molar-refractivity contribution >= 4 is 11.4 Å². The number of hydrogen-bond donors (Lipinski definition) is 1. The molecule has 0 saturated carbocycles. The number of nitrogens with zero attached hydrogens (tertiary/aromatic N) is 1. The molecule has 0 aliphatic rings. The highest BCUT2D eigenvalue weighted by Crippen LogP contribution is 2.31. The summed E-state index contributed by atoms with van der Waals surface area (Å²) in [4.78, 5) is 2.09. The zero-order valence-electron chi connectivity index (χ0n) is 12.2. The number of hydrogen-bond acceptors (Lipinski definition) is 3. The van der Waals surface area contributed by atoms with Crippen LogP contribution in [0.3, 0.4) is 0 Å². The Morgan fingerprint density at radius 1 is 1.16 bits per heavy atom. The Hall–Kier alpha value is -1.45. The zero-order valence-corrected chi connectivity index (χ0v) is 12.2. The lowest BCUT2D eigenvalue weighted by atomic mass is 10.2. The number of ether oxygens (including phenoxy) is 1. The first-order chi connectivity index (χ1) is 9.13. The summed E-state index contributed by atoms with van der Waals surface area (Å²) in [5.74, 6) is 0.264. The van der Waals surface area contributed by atoms with Crippen LogP contribution in [-0.2, 0) is 0 Å². The molecule has 19 heavy (non-hydrogen) atoms. The second-order valence-electron chi connectivity index (χ2n) is 4.74. The van der Waals surface area contributed by atoms with E-state index in [0.717, 1.165) is 38.8 Å². The summed E-state index contributed by atoms with van der Waals surface area (Å²) < 4.78 is 19.3. The predicted molar refractivity (Wildman–Crippen MR) is 79.4 cm³/mol. The third-order valence-electron chi connectivity index (χ3n) is 3.20. The van der Waals surface area contributed by atoms with Crippen LogP contribution in [-0.4, -0.2) is 20.2 Å². The van der Waals surface area contributed by atoms with Crippen molar-refractivity contribution in [3.63, 3.8) is 0 Å². The second kappa shape index (κ2) is 7.87. The molecule has 0 bridgehead atoms. The topological polar surface area (TPSA) is 38.5 Å². The van der Waals surface area contributed by atoms with Crippen LogP contribution in [0.4, 0.5) is 15.8 Å². The molecule has 1 rings (SSSR count). The average molecular weight is 268 g/mol. The molecular weight excluding hydrogens is 243 g/mol. The summed E-state index contributed by atoms with van der Waals surface area (Å²) >= 11 is 0. The van der Waals surface area contributed by atoms with Gasteiger partial charge in [0, 0.05) is 25.2 Å². The van der Waals surface area contributed by atoms with E-state index in [0.29, 0.717) is 17.1 Å². The Labute approximate surface area is 115 Å². The van der Waals surface area contributed by atoms with Gasteiger partial charge in [0.25, 0.3) is 0 Å². The molecular formula is C15H25FN2O. The highest BCUT2D eigenvalue weighted by atomic mass is 19.1. The van der Waals surface area contributed by atoms with Gasteiger partial charge in [-0.05, 0) is 12.8 Å². The van der Waals surface area contributed by atoms with Crippen LogP contribution < -0.4 is 15.4 Å². The lowest BCUT2D eigenvalue weighted by Crippen LogP contribution is -2.26. The molecule has 0 unspecified atom stereocenters. The fraction of sp³-hybridized carbons (Fsp3) is 0.600. The van der Waals surface area contributed by atoms with Crippen molar-refractivity contribution < 1.29 is 9.13 Å². The fourth-order valence-corrected chi connectivity index (χ4v) is 2.03. The van der Waals surface area contributed by atoms with Crippen LogP contribution in [0.15, 0.2) is 12.1 Å². The highest BCUT2D eigenvalue weighted by molar-refractivity contribution is 5.63. The Morgan fingerprint density at radius 3 is 2.21 bits per heavy atom. The number of anilines is 2. The molecule has 0 spiro atoms. The summed E-state index contributed by atoms with van der Waals surface area (Å²) in [5, 5.41) is 0. The third-order valence-corrected chi connectivity index (χ3v) is 3.20. The second-order valence-corrected chi connectivity index (χ2v) is 4.74. The van der Waals surface area contributed by atoms with Crippen molar-refractivity contribution in [2.45, 2.75) is 39.5 Å². The molecule has 0 aliphatic carbocycles. The van der Waals surface area contributed by atoms with Crippen LogP contribution >= 0.6 is 0 Å². The van der Waals surface area contributed by atoms with Gasteiger partial charge in [0.05, 0.1) is 18.5 Å². The minimum absolute atomic E-state index is 0.273. The Kier molecular flexibility index (Phi) is 6.46. The molecule has 0 fully saturated rings. The quantitative estimate of drug-likeness (QED) is 0.728. The number of nitrogen functional groups attached to an aromatic ring is 1. The van der Waals surface area contributed by atoms with Gasteiger partial charge in [-0.2, -0.15) is 0 Å². The van der Waals surface area contributed by atoms with Crippen molar-refractivity contribution in [2.24, 2.45) is 0 Å². The van der Waals surface area contributed by atoms with Gasteiger partial charge in [0.15, 0.2) is 0 Å². The van der Waals surface area contributed by atoms with Crippen molar-refractivity contribution in [2.75, 3.05) is 30.8 Å². The van der Waals surface area contributed by atoms with Gasteiger partial charge in [-0.25, -0.2) is 4.39 Å². The number of methoxy groups -OCH3 is 1. The van der Waals surface area contributed by atoms with Gasteiger partial charge >= 0.3 is 0 Å². The van der Waals surface area contributed by atoms with E-state index >= 15 is 0 Å². The monoisotopic (exact) mass is 268 g/mol. The summed E-state index contributed by atoms with van der Waals surface area (Å²) in [5.41, 5.74) is 6.65. The van der Waals surface area contributed by atoms with E-state index in [1.54, 1.807) is 13.2 Å². The molecule has 108 valence electrons. The smallest absolute Gasteiger partial charge is 0.148 e. The number of unbranched alkanes of at least 4 members (excludes halogenated alkanes) is 2. The maximum absolute atomic E-state index is 14.1. The minimum Gasteiger partial charge on any atom is -0.495 e. The predicted octanol–water partition coefficient (Wildman–Crippen LogP) is 3.82. The van der Waals surface area contributed by atoms with E-state index in [-0.39, 0.29) is 5.82 Å². The summed E-state index contributed by atoms with van der Waals surface area (Å²) in [6.07, 6.45) is 4.29. The molecule has 0 heterocycles. The Morgan fingerprint density at radius 2 is 1.74 bits per heavy atom. The van der Waals surface area contributed by atoms with E-state index in [1.165, 1.54) is 6.07 Å². The number of rotatable bonds is 8. The first kappa shape index (κ1) is 15.6.